The van der Waals surface area contributed by atoms with E-state index >= 15 is 0 Å². The van der Waals surface area contributed by atoms with Crippen molar-refractivity contribution in [2.45, 2.75) is 0 Å². The fourth-order valence-electron chi connectivity index (χ4n) is 0.397. The van der Waals surface area contributed by atoms with E-state index in [0.29, 0.717) is 5.88 Å². The molecule has 37 valence electrons. The van der Waals surface area contributed by atoms with Crippen LogP contribution in [0.4, 0.5) is 5.88 Å². The maximum absolute atomic E-state index is 4.82. The molecule has 2 nitrogen and oxygen atoms in total. The van der Waals surface area contributed by atoms with Crippen LogP contribution in [0.5, 0.6) is 0 Å². The number of nitrogens with zero attached hydrogens (tertiary/aromatic N) is 1. The van der Waals surface area contributed by atoms with E-state index in [4.69, 9.17) is 4.42 Å². The zero-order valence-corrected chi connectivity index (χ0v) is 4.09. The normalized spacial score (nSPS) is 8.71. The van der Waals surface area contributed by atoms with E-state index in [1.807, 2.05) is 6.07 Å². The molecule has 0 aromatic carbocycles. The summed E-state index contributed by atoms with van der Waals surface area (Å²) in [6.45, 7) is 0. The van der Waals surface area contributed by atoms with Gasteiger partial charge in [-0.05, 0) is 6.07 Å². The molecule has 0 aliphatic rings. The van der Waals surface area contributed by atoms with Gasteiger partial charge < -0.3 is 4.42 Å². The highest BCUT2D eigenvalue weighted by Gasteiger charge is 1.84. The maximum Gasteiger partial charge on any atom is 0.213 e. The Bertz CT molecular complexity index is 123. The van der Waals surface area contributed by atoms with Gasteiger partial charge in [-0.2, -0.15) is 0 Å². The maximum atomic E-state index is 4.82. The largest absolute Gasteiger partial charge is 0.447 e. The molecule has 1 aromatic heterocycles. The lowest BCUT2D eigenvalue weighted by molar-refractivity contribution is 0.553. The highest BCUT2D eigenvalue weighted by molar-refractivity contribution is 5.18. The van der Waals surface area contributed by atoms with Crippen molar-refractivity contribution in [3.63, 3.8) is 0 Å². The number of furan rings is 1. The summed E-state index contributed by atoms with van der Waals surface area (Å²) in [6, 6.07) is 3.61. The predicted octanol–water partition coefficient (Wildman–Crippen LogP) is 1.15. The summed E-state index contributed by atoms with van der Waals surface area (Å²) in [6.07, 6.45) is 1.60. The molecule has 0 aliphatic carbocycles. The fourth-order valence-corrected chi connectivity index (χ4v) is 0.397. The Morgan fingerprint density at radius 3 is 2.86 bits per heavy atom. The Labute approximate surface area is 42.1 Å². The smallest absolute Gasteiger partial charge is 0.213 e. The van der Waals surface area contributed by atoms with Crippen LogP contribution in [0.1, 0.15) is 0 Å². The van der Waals surface area contributed by atoms with Crippen LogP contribution in [0.15, 0.2) is 22.8 Å². The summed E-state index contributed by atoms with van der Waals surface area (Å²) in [4.78, 5) is 0. The van der Waals surface area contributed by atoms with E-state index in [0.717, 1.165) is 0 Å². The Morgan fingerprint density at radius 2 is 2.57 bits per heavy atom. The highest BCUT2D eigenvalue weighted by atomic mass is 16.3. The molecule has 1 rings (SSSR count). The molecule has 0 bridgehead atoms. The van der Waals surface area contributed by atoms with Crippen molar-refractivity contribution >= 4 is 5.88 Å². The lowest BCUT2D eigenvalue weighted by atomic mass is 10.6. The lowest BCUT2D eigenvalue weighted by Crippen LogP contribution is -1.79. The van der Waals surface area contributed by atoms with E-state index in [-0.39, 0.29) is 0 Å². The first-order chi connectivity index (χ1) is 3.43. The van der Waals surface area contributed by atoms with Crippen molar-refractivity contribution < 1.29 is 4.42 Å². The number of rotatable bonds is 1. The van der Waals surface area contributed by atoms with Crippen molar-refractivity contribution in [2.75, 3.05) is 7.05 Å². The minimum absolute atomic E-state index is 0.681. The predicted molar refractivity (Wildman–Crippen MR) is 26.4 cm³/mol. The standard InChI is InChI=1S/C5H6NO/c1-6-5-3-2-4-7-5/h2-4H,1H3. The van der Waals surface area contributed by atoms with Gasteiger partial charge in [0, 0.05) is 13.1 Å². The fraction of sp³-hybridized carbons (Fsp3) is 0.200. The summed E-state index contributed by atoms with van der Waals surface area (Å²) >= 11 is 0. The van der Waals surface area contributed by atoms with Gasteiger partial charge in [-0.3, -0.25) is 5.32 Å². The van der Waals surface area contributed by atoms with Gasteiger partial charge in [-0.1, -0.05) is 0 Å². The van der Waals surface area contributed by atoms with Gasteiger partial charge in [0.1, 0.15) is 0 Å². The monoisotopic (exact) mass is 96.0 g/mol. The van der Waals surface area contributed by atoms with E-state index in [2.05, 4.69) is 5.32 Å². The van der Waals surface area contributed by atoms with Crippen molar-refractivity contribution in [3.8, 4) is 0 Å². The first-order valence-corrected chi connectivity index (χ1v) is 2.07. The third-order valence-electron chi connectivity index (χ3n) is 0.727. The van der Waals surface area contributed by atoms with Crippen molar-refractivity contribution in [1.82, 2.24) is 5.32 Å². The van der Waals surface area contributed by atoms with Crippen LogP contribution >= 0.6 is 0 Å². The van der Waals surface area contributed by atoms with Crippen LogP contribution in [0, 0.1) is 0 Å². The molecule has 0 N–H and O–H groups in total. The summed E-state index contributed by atoms with van der Waals surface area (Å²) in [5.74, 6) is 0.681. The van der Waals surface area contributed by atoms with Gasteiger partial charge in [0.15, 0.2) is 0 Å². The molecular weight excluding hydrogens is 90.1 g/mol. The van der Waals surface area contributed by atoms with Gasteiger partial charge in [0.25, 0.3) is 0 Å². The Hall–Kier alpha value is -0.920. The zero-order chi connectivity index (χ0) is 5.11. The molecule has 0 fully saturated rings. The van der Waals surface area contributed by atoms with E-state index in [1.54, 1.807) is 19.4 Å². The van der Waals surface area contributed by atoms with Gasteiger partial charge in [-0.25, -0.2) is 0 Å². The summed E-state index contributed by atoms with van der Waals surface area (Å²) in [7, 11) is 1.69. The summed E-state index contributed by atoms with van der Waals surface area (Å²) in [5.41, 5.74) is 0. The topological polar surface area (TPSA) is 27.2 Å². The first-order valence-electron chi connectivity index (χ1n) is 2.07. The Morgan fingerprint density at radius 1 is 1.71 bits per heavy atom. The van der Waals surface area contributed by atoms with Gasteiger partial charge in [0.05, 0.1) is 6.26 Å². The second-order valence-corrected chi connectivity index (χ2v) is 1.17. The Balaban J connectivity index is 2.76. The van der Waals surface area contributed by atoms with Crippen LogP contribution in [-0.2, 0) is 0 Å². The molecular formula is C5H6NO. The lowest BCUT2D eigenvalue weighted by Gasteiger charge is -1.81. The molecule has 2 heteroatoms. The molecule has 0 unspecified atom stereocenters. The quantitative estimate of drug-likeness (QED) is 0.515. The van der Waals surface area contributed by atoms with E-state index in [9.17, 15) is 0 Å². The molecule has 0 saturated heterocycles. The number of hydrogen-bond donors (Lipinski definition) is 0. The number of hydrogen-bond acceptors (Lipinski definition) is 1. The van der Waals surface area contributed by atoms with E-state index < -0.39 is 0 Å². The molecule has 0 atom stereocenters. The van der Waals surface area contributed by atoms with Crippen LogP contribution in [-0.4, -0.2) is 7.05 Å². The highest BCUT2D eigenvalue weighted by Crippen LogP contribution is 2.03. The van der Waals surface area contributed by atoms with Crippen LogP contribution in [0.25, 0.3) is 0 Å². The minimum Gasteiger partial charge on any atom is -0.447 e. The molecule has 1 radical (unpaired) electrons. The molecule has 0 amide bonds. The third kappa shape index (κ3) is 0.738. The molecule has 0 aliphatic heterocycles. The zero-order valence-electron chi connectivity index (χ0n) is 4.09. The third-order valence-corrected chi connectivity index (χ3v) is 0.727. The van der Waals surface area contributed by atoms with Crippen LogP contribution < -0.4 is 5.32 Å². The van der Waals surface area contributed by atoms with Gasteiger partial charge >= 0.3 is 0 Å². The van der Waals surface area contributed by atoms with Crippen molar-refractivity contribution in [2.24, 2.45) is 0 Å². The van der Waals surface area contributed by atoms with Crippen LogP contribution in [0.3, 0.4) is 0 Å². The average Bonchev–Trinajstić information content (AvgIpc) is 2.14. The second kappa shape index (κ2) is 1.69. The van der Waals surface area contributed by atoms with E-state index in [1.165, 1.54) is 0 Å². The first kappa shape index (κ1) is 4.24. The molecule has 7 heavy (non-hydrogen) atoms. The average molecular weight is 96.1 g/mol. The van der Waals surface area contributed by atoms with Crippen molar-refractivity contribution in [1.29, 1.82) is 0 Å². The summed E-state index contributed by atoms with van der Waals surface area (Å²) < 4.78 is 4.82. The molecule has 1 aromatic rings. The minimum atomic E-state index is 0.681. The molecule has 1 heterocycles. The second-order valence-electron chi connectivity index (χ2n) is 1.17. The van der Waals surface area contributed by atoms with Gasteiger partial charge in [-0.15, -0.1) is 0 Å². The van der Waals surface area contributed by atoms with Crippen molar-refractivity contribution in [3.05, 3.63) is 18.4 Å². The molecule has 0 spiro atoms. The summed E-state index contributed by atoms with van der Waals surface area (Å²) in [5, 5.41) is 3.76. The van der Waals surface area contributed by atoms with Gasteiger partial charge in [0.2, 0.25) is 5.88 Å². The molecule has 0 saturated carbocycles. The SMILES string of the molecule is C[N]c1ccco1. The van der Waals surface area contributed by atoms with Crippen LogP contribution in [0.2, 0.25) is 0 Å². The Kier molecular flexibility index (Phi) is 1.02.